The molecule has 3 heteroatoms. The fourth-order valence-corrected chi connectivity index (χ4v) is 0.896. The van der Waals surface area contributed by atoms with Gasteiger partial charge in [-0.2, -0.15) is 0 Å². The molecule has 0 atom stereocenters. The maximum atomic E-state index is 10.9. The van der Waals surface area contributed by atoms with Crippen molar-refractivity contribution < 1.29 is 9.21 Å². The molecule has 0 aliphatic carbocycles. The van der Waals surface area contributed by atoms with Gasteiger partial charge in [-0.15, -0.1) is 0 Å². The van der Waals surface area contributed by atoms with Crippen LogP contribution in [-0.4, -0.2) is 13.0 Å². The van der Waals surface area contributed by atoms with E-state index in [2.05, 4.69) is 0 Å². The van der Waals surface area contributed by atoms with Gasteiger partial charge in [0.25, 0.3) is 0 Å². The van der Waals surface area contributed by atoms with E-state index in [-0.39, 0.29) is 5.91 Å². The molecule has 0 fully saturated rings. The van der Waals surface area contributed by atoms with Crippen molar-refractivity contribution in [2.45, 2.75) is 13.8 Å². The van der Waals surface area contributed by atoms with Crippen LogP contribution in [0.2, 0.25) is 0 Å². The SMILES string of the molecule is CC(=O)N(C)c1ccoc1C. The molecule has 3 nitrogen and oxygen atoms in total. The Hall–Kier alpha value is -1.25. The molecule has 0 aliphatic rings. The van der Waals surface area contributed by atoms with E-state index < -0.39 is 0 Å². The first-order valence-corrected chi connectivity index (χ1v) is 3.41. The smallest absolute Gasteiger partial charge is 0.223 e. The summed E-state index contributed by atoms with van der Waals surface area (Å²) in [5, 5.41) is 0. The molecule has 1 rings (SSSR count). The van der Waals surface area contributed by atoms with Crippen molar-refractivity contribution >= 4 is 11.6 Å². The van der Waals surface area contributed by atoms with E-state index in [1.54, 1.807) is 24.3 Å². The molecule has 1 aromatic heterocycles. The molecular formula is C8H11NO2. The monoisotopic (exact) mass is 153 g/mol. The van der Waals surface area contributed by atoms with E-state index in [4.69, 9.17) is 4.42 Å². The maximum absolute atomic E-state index is 10.9. The summed E-state index contributed by atoms with van der Waals surface area (Å²) in [6, 6.07) is 1.77. The zero-order valence-electron chi connectivity index (χ0n) is 6.92. The minimum atomic E-state index is 0.00880. The predicted octanol–water partition coefficient (Wildman–Crippen LogP) is 1.57. The van der Waals surface area contributed by atoms with E-state index in [9.17, 15) is 4.79 Å². The molecule has 0 aromatic carbocycles. The molecule has 0 saturated carbocycles. The lowest BCUT2D eigenvalue weighted by Crippen LogP contribution is -2.22. The summed E-state index contributed by atoms with van der Waals surface area (Å²) in [4.78, 5) is 12.4. The second-order valence-corrected chi connectivity index (χ2v) is 2.44. The van der Waals surface area contributed by atoms with E-state index >= 15 is 0 Å². The van der Waals surface area contributed by atoms with E-state index in [1.165, 1.54) is 6.92 Å². The van der Waals surface area contributed by atoms with Gasteiger partial charge in [-0.25, -0.2) is 0 Å². The molecule has 0 radical (unpaired) electrons. The van der Waals surface area contributed by atoms with Crippen LogP contribution in [0.25, 0.3) is 0 Å². The van der Waals surface area contributed by atoms with E-state index in [0.717, 1.165) is 11.4 Å². The average molecular weight is 153 g/mol. The van der Waals surface area contributed by atoms with Crippen LogP contribution in [0.1, 0.15) is 12.7 Å². The first-order valence-electron chi connectivity index (χ1n) is 3.41. The molecule has 0 unspecified atom stereocenters. The van der Waals surface area contributed by atoms with Gasteiger partial charge < -0.3 is 9.32 Å². The number of carbonyl (C=O) groups excluding carboxylic acids is 1. The normalized spacial score (nSPS) is 9.73. The Kier molecular flexibility index (Phi) is 1.98. The van der Waals surface area contributed by atoms with Crippen molar-refractivity contribution in [3.05, 3.63) is 18.1 Å². The molecule has 0 spiro atoms. The molecule has 1 heterocycles. The molecule has 60 valence electrons. The van der Waals surface area contributed by atoms with Gasteiger partial charge >= 0.3 is 0 Å². The Bertz CT molecular complexity index is 265. The Labute approximate surface area is 65.6 Å². The average Bonchev–Trinajstić information content (AvgIpc) is 2.33. The summed E-state index contributed by atoms with van der Waals surface area (Å²) in [5.74, 6) is 0.775. The summed E-state index contributed by atoms with van der Waals surface area (Å²) in [6.45, 7) is 3.35. The molecule has 1 amide bonds. The molecule has 0 N–H and O–H groups in total. The Balaban J connectivity index is 2.92. The second-order valence-electron chi connectivity index (χ2n) is 2.44. The topological polar surface area (TPSA) is 33.5 Å². The fraction of sp³-hybridized carbons (Fsp3) is 0.375. The quantitative estimate of drug-likeness (QED) is 0.613. The summed E-state index contributed by atoms with van der Waals surface area (Å²) in [7, 11) is 1.72. The molecule has 0 saturated heterocycles. The van der Waals surface area contributed by atoms with Crippen LogP contribution in [0.15, 0.2) is 16.7 Å². The molecular weight excluding hydrogens is 142 g/mol. The van der Waals surface area contributed by atoms with E-state index in [1.807, 2.05) is 6.92 Å². The summed E-state index contributed by atoms with van der Waals surface area (Å²) in [5.41, 5.74) is 0.831. The van der Waals surface area contributed by atoms with Gasteiger partial charge in [-0.3, -0.25) is 4.79 Å². The first-order chi connectivity index (χ1) is 5.13. The number of nitrogens with zero attached hydrogens (tertiary/aromatic N) is 1. The third kappa shape index (κ3) is 1.42. The molecule has 1 aromatic rings. The highest BCUT2D eigenvalue weighted by atomic mass is 16.3. The second kappa shape index (κ2) is 2.78. The zero-order chi connectivity index (χ0) is 8.43. The number of rotatable bonds is 1. The first kappa shape index (κ1) is 7.85. The highest BCUT2D eigenvalue weighted by molar-refractivity contribution is 5.91. The van der Waals surface area contributed by atoms with Crippen LogP contribution in [0, 0.1) is 6.92 Å². The molecule has 0 aliphatic heterocycles. The van der Waals surface area contributed by atoms with Gasteiger partial charge in [0.2, 0.25) is 5.91 Å². The van der Waals surface area contributed by atoms with Crippen LogP contribution in [0.5, 0.6) is 0 Å². The van der Waals surface area contributed by atoms with Gasteiger partial charge in [-0.1, -0.05) is 0 Å². The third-order valence-electron chi connectivity index (χ3n) is 1.67. The standard InChI is InChI=1S/C8H11NO2/c1-6-8(4-5-11-6)9(3)7(2)10/h4-5H,1-3H3. The van der Waals surface area contributed by atoms with Crippen molar-refractivity contribution in [2.24, 2.45) is 0 Å². The predicted molar refractivity (Wildman–Crippen MR) is 42.5 cm³/mol. The lowest BCUT2D eigenvalue weighted by Gasteiger charge is -2.12. The van der Waals surface area contributed by atoms with Crippen molar-refractivity contribution in [1.82, 2.24) is 0 Å². The third-order valence-corrected chi connectivity index (χ3v) is 1.67. The number of carbonyl (C=O) groups is 1. The highest BCUT2D eigenvalue weighted by Gasteiger charge is 2.09. The Morgan fingerprint density at radius 2 is 2.27 bits per heavy atom. The van der Waals surface area contributed by atoms with Crippen LogP contribution in [0.4, 0.5) is 5.69 Å². The van der Waals surface area contributed by atoms with Crippen molar-refractivity contribution in [1.29, 1.82) is 0 Å². The van der Waals surface area contributed by atoms with Crippen LogP contribution in [-0.2, 0) is 4.79 Å². The van der Waals surface area contributed by atoms with Crippen molar-refractivity contribution in [3.63, 3.8) is 0 Å². The number of furan rings is 1. The zero-order valence-corrected chi connectivity index (χ0v) is 6.92. The van der Waals surface area contributed by atoms with Gasteiger partial charge in [-0.05, 0) is 6.92 Å². The number of hydrogen-bond donors (Lipinski definition) is 0. The van der Waals surface area contributed by atoms with Gasteiger partial charge in [0.15, 0.2) is 0 Å². The Morgan fingerprint density at radius 3 is 2.64 bits per heavy atom. The number of hydrogen-bond acceptors (Lipinski definition) is 2. The summed E-state index contributed by atoms with van der Waals surface area (Å²) >= 11 is 0. The minimum Gasteiger partial charge on any atom is -0.467 e. The lowest BCUT2D eigenvalue weighted by molar-refractivity contribution is -0.116. The number of aryl methyl sites for hydroxylation is 1. The number of amides is 1. The fourth-order valence-electron chi connectivity index (χ4n) is 0.896. The molecule has 11 heavy (non-hydrogen) atoms. The largest absolute Gasteiger partial charge is 0.467 e. The molecule has 0 bridgehead atoms. The highest BCUT2D eigenvalue weighted by Crippen LogP contribution is 2.18. The van der Waals surface area contributed by atoms with Crippen LogP contribution >= 0.6 is 0 Å². The van der Waals surface area contributed by atoms with Gasteiger partial charge in [0, 0.05) is 20.0 Å². The van der Waals surface area contributed by atoms with E-state index in [0.29, 0.717) is 0 Å². The minimum absolute atomic E-state index is 0.00880. The lowest BCUT2D eigenvalue weighted by atomic mass is 10.3. The maximum Gasteiger partial charge on any atom is 0.223 e. The van der Waals surface area contributed by atoms with Gasteiger partial charge in [0.1, 0.15) is 5.76 Å². The van der Waals surface area contributed by atoms with Gasteiger partial charge in [0.05, 0.1) is 12.0 Å². The van der Waals surface area contributed by atoms with Crippen LogP contribution in [0.3, 0.4) is 0 Å². The summed E-state index contributed by atoms with van der Waals surface area (Å²) in [6.07, 6.45) is 1.57. The van der Waals surface area contributed by atoms with Crippen molar-refractivity contribution in [2.75, 3.05) is 11.9 Å². The van der Waals surface area contributed by atoms with Crippen LogP contribution < -0.4 is 4.90 Å². The number of anilines is 1. The van der Waals surface area contributed by atoms with Crippen molar-refractivity contribution in [3.8, 4) is 0 Å². The summed E-state index contributed by atoms with van der Waals surface area (Å²) < 4.78 is 5.04. The Morgan fingerprint density at radius 1 is 1.64 bits per heavy atom.